The summed E-state index contributed by atoms with van der Waals surface area (Å²) in [5.74, 6) is 0. The maximum Gasteiger partial charge on any atom is 0.00168 e. The number of hydrogen-bond acceptors (Lipinski definition) is 1. The smallest absolute Gasteiger partial charge is 0.00168 e. The van der Waals surface area contributed by atoms with Gasteiger partial charge in [0, 0.05) is 5.25 Å². The molecule has 0 spiro atoms. The minimum atomic E-state index is 0.598. The third-order valence-corrected chi connectivity index (χ3v) is 4.50. The van der Waals surface area contributed by atoms with Crippen LogP contribution in [0.25, 0.3) is 0 Å². The van der Waals surface area contributed by atoms with E-state index in [1.165, 1.54) is 57.8 Å². The third-order valence-electron chi connectivity index (χ3n) is 3.99. The van der Waals surface area contributed by atoms with Crippen molar-refractivity contribution in [3.05, 3.63) is 48.6 Å². The van der Waals surface area contributed by atoms with Crippen molar-refractivity contribution >= 4 is 12.6 Å². The predicted octanol–water partition coefficient (Wildman–Crippen LogP) is 8.23. The monoisotopic (exact) mass is 348 g/mol. The van der Waals surface area contributed by atoms with Crippen molar-refractivity contribution in [2.45, 2.75) is 96.1 Å². The third kappa shape index (κ3) is 19.4. The van der Waals surface area contributed by atoms with E-state index in [1.807, 2.05) is 0 Å². The lowest BCUT2D eigenvalue weighted by atomic mass is 10.1. The van der Waals surface area contributed by atoms with E-state index in [-0.39, 0.29) is 0 Å². The van der Waals surface area contributed by atoms with E-state index in [4.69, 9.17) is 0 Å². The van der Waals surface area contributed by atoms with Crippen molar-refractivity contribution in [1.82, 2.24) is 0 Å². The number of thiol groups is 1. The lowest BCUT2D eigenvalue weighted by Crippen LogP contribution is -1.96. The molecule has 0 saturated heterocycles. The zero-order valence-corrected chi connectivity index (χ0v) is 17.0. The zero-order valence-electron chi connectivity index (χ0n) is 16.1. The molecule has 0 amide bonds. The van der Waals surface area contributed by atoms with Gasteiger partial charge in [0.15, 0.2) is 0 Å². The minimum Gasteiger partial charge on any atom is -0.176 e. The molecule has 0 radical (unpaired) electrons. The normalized spacial score (nSPS) is 14.0. The minimum absolute atomic E-state index is 0.598. The molecule has 0 heterocycles. The van der Waals surface area contributed by atoms with Crippen LogP contribution >= 0.6 is 12.6 Å². The van der Waals surface area contributed by atoms with Crippen molar-refractivity contribution < 1.29 is 0 Å². The zero-order chi connectivity index (χ0) is 17.7. The van der Waals surface area contributed by atoms with E-state index in [9.17, 15) is 0 Å². The summed E-state index contributed by atoms with van der Waals surface area (Å²) < 4.78 is 0. The molecule has 0 saturated carbocycles. The fourth-order valence-corrected chi connectivity index (χ4v) is 2.95. The molecule has 0 aromatic carbocycles. The molecule has 0 fully saturated rings. The average Bonchev–Trinajstić information content (AvgIpc) is 2.58. The van der Waals surface area contributed by atoms with Crippen LogP contribution in [0.15, 0.2) is 48.6 Å². The van der Waals surface area contributed by atoms with Gasteiger partial charge in [0.1, 0.15) is 0 Å². The Bertz CT molecular complexity index is 349. The molecule has 0 aliphatic rings. The van der Waals surface area contributed by atoms with Crippen LogP contribution in [-0.2, 0) is 0 Å². The topological polar surface area (TPSA) is 0 Å². The van der Waals surface area contributed by atoms with Gasteiger partial charge in [0.2, 0.25) is 0 Å². The van der Waals surface area contributed by atoms with Gasteiger partial charge >= 0.3 is 0 Å². The lowest BCUT2D eigenvalue weighted by molar-refractivity contribution is 0.656. The number of allylic oxidation sites excluding steroid dienone is 8. The van der Waals surface area contributed by atoms with Crippen LogP contribution in [0.4, 0.5) is 0 Å². The van der Waals surface area contributed by atoms with E-state index in [1.54, 1.807) is 0 Å². The van der Waals surface area contributed by atoms with Gasteiger partial charge in [0.05, 0.1) is 0 Å². The molecule has 0 aromatic heterocycles. The van der Waals surface area contributed by atoms with Crippen LogP contribution in [0.3, 0.4) is 0 Å². The molecule has 0 aromatic rings. The highest BCUT2D eigenvalue weighted by Crippen LogP contribution is 2.12. The standard InChI is InChI=1S/C23H40S/c1-3-5-6-7-8-9-10-11-12-13-14-15-16-17-18-19-20-22-23(24)21-4-2/h8-9,11-12,14-15,17-18,23-24H,3-7,10,13,16,19-22H2,1-2H3. The number of hydrogen-bond donors (Lipinski definition) is 1. The maximum absolute atomic E-state index is 4.60. The Balaban J connectivity index is 3.42. The highest BCUT2D eigenvalue weighted by atomic mass is 32.1. The van der Waals surface area contributed by atoms with E-state index in [0.29, 0.717) is 5.25 Å². The SMILES string of the molecule is CCCCCC=CCC=CCC=CCC=CCCCC(S)CCC. The van der Waals surface area contributed by atoms with Crippen LogP contribution in [0, 0.1) is 0 Å². The Morgan fingerprint density at radius 2 is 1.08 bits per heavy atom. The number of unbranched alkanes of at least 4 members (excludes halogenated alkanes) is 4. The van der Waals surface area contributed by atoms with Gasteiger partial charge in [-0.2, -0.15) is 12.6 Å². The Kier molecular flexibility index (Phi) is 19.8. The van der Waals surface area contributed by atoms with Gasteiger partial charge in [-0.05, 0) is 57.8 Å². The Morgan fingerprint density at radius 1 is 0.583 bits per heavy atom. The summed E-state index contributed by atoms with van der Waals surface area (Å²) in [7, 11) is 0. The second kappa shape index (κ2) is 20.4. The molecule has 0 aliphatic carbocycles. The van der Waals surface area contributed by atoms with Crippen molar-refractivity contribution in [2.24, 2.45) is 0 Å². The molecule has 0 bridgehead atoms. The molecule has 1 heteroatoms. The van der Waals surface area contributed by atoms with Crippen molar-refractivity contribution in [2.75, 3.05) is 0 Å². The number of rotatable bonds is 16. The lowest BCUT2D eigenvalue weighted by Gasteiger charge is -2.06. The van der Waals surface area contributed by atoms with Crippen molar-refractivity contribution in [3.63, 3.8) is 0 Å². The molecule has 0 rings (SSSR count). The molecule has 0 nitrogen and oxygen atoms in total. The first kappa shape index (κ1) is 23.3. The molecule has 1 atom stereocenters. The van der Waals surface area contributed by atoms with Gasteiger partial charge in [-0.1, -0.05) is 81.7 Å². The highest BCUT2D eigenvalue weighted by molar-refractivity contribution is 7.80. The molecule has 24 heavy (non-hydrogen) atoms. The van der Waals surface area contributed by atoms with Crippen LogP contribution in [0.5, 0.6) is 0 Å². The molecule has 0 aliphatic heterocycles. The molecule has 1 unspecified atom stereocenters. The Hall–Kier alpha value is -0.690. The predicted molar refractivity (Wildman–Crippen MR) is 116 cm³/mol. The molecule has 0 N–H and O–H groups in total. The average molecular weight is 349 g/mol. The van der Waals surface area contributed by atoms with Gasteiger partial charge < -0.3 is 0 Å². The van der Waals surface area contributed by atoms with E-state index in [2.05, 4.69) is 75.1 Å². The first-order chi connectivity index (χ1) is 11.8. The van der Waals surface area contributed by atoms with Gasteiger partial charge in [-0.15, -0.1) is 0 Å². The van der Waals surface area contributed by atoms with Crippen LogP contribution in [0.1, 0.15) is 90.9 Å². The first-order valence-corrected chi connectivity index (χ1v) is 10.6. The van der Waals surface area contributed by atoms with Crippen LogP contribution in [-0.4, -0.2) is 5.25 Å². The van der Waals surface area contributed by atoms with Crippen molar-refractivity contribution in [3.8, 4) is 0 Å². The van der Waals surface area contributed by atoms with Crippen molar-refractivity contribution in [1.29, 1.82) is 0 Å². The van der Waals surface area contributed by atoms with E-state index < -0.39 is 0 Å². The van der Waals surface area contributed by atoms with Crippen LogP contribution < -0.4 is 0 Å². The second-order valence-corrected chi connectivity index (χ2v) is 7.19. The summed E-state index contributed by atoms with van der Waals surface area (Å²) in [6.45, 7) is 4.48. The Morgan fingerprint density at radius 3 is 1.58 bits per heavy atom. The van der Waals surface area contributed by atoms with Gasteiger partial charge in [-0.25, -0.2) is 0 Å². The summed E-state index contributed by atoms with van der Waals surface area (Å²) in [6, 6.07) is 0. The Labute approximate surface area is 157 Å². The van der Waals surface area contributed by atoms with E-state index >= 15 is 0 Å². The molecular weight excluding hydrogens is 308 g/mol. The molecule has 138 valence electrons. The van der Waals surface area contributed by atoms with Crippen LogP contribution in [0.2, 0.25) is 0 Å². The second-order valence-electron chi connectivity index (χ2n) is 6.46. The summed E-state index contributed by atoms with van der Waals surface area (Å²) in [6.07, 6.45) is 32.9. The summed E-state index contributed by atoms with van der Waals surface area (Å²) in [4.78, 5) is 0. The summed E-state index contributed by atoms with van der Waals surface area (Å²) >= 11 is 4.60. The highest BCUT2D eigenvalue weighted by Gasteiger charge is 1.99. The van der Waals surface area contributed by atoms with Gasteiger partial charge in [-0.3, -0.25) is 0 Å². The maximum atomic E-state index is 4.60. The van der Waals surface area contributed by atoms with E-state index in [0.717, 1.165) is 19.3 Å². The fraction of sp³-hybridized carbons (Fsp3) is 0.652. The largest absolute Gasteiger partial charge is 0.176 e. The fourth-order valence-electron chi connectivity index (χ4n) is 2.51. The summed E-state index contributed by atoms with van der Waals surface area (Å²) in [5.41, 5.74) is 0. The first-order valence-electron chi connectivity index (χ1n) is 10.1. The van der Waals surface area contributed by atoms with Gasteiger partial charge in [0.25, 0.3) is 0 Å². The summed E-state index contributed by atoms with van der Waals surface area (Å²) in [5, 5.41) is 0.598. The molecular formula is C23H40S. The quantitative estimate of drug-likeness (QED) is 0.162.